The number of amides is 1. The average molecular weight is 253 g/mol. The van der Waals surface area contributed by atoms with Gasteiger partial charge in [0.25, 0.3) is 5.91 Å². The standard InChI is InChI=1S/C12H16FN3O2/c13-10-5-3-4-9(8-10)12(17)15-7-2-1-6-11(14)16-18/h3-5,8,18H,1-2,6-7H2,(H2,14,16)(H,15,17). The molecule has 0 saturated heterocycles. The van der Waals surface area contributed by atoms with Gasteiger partial charge < -0.3 is 16.3 Å². The number of amidine groups is 1. The molecular formula is C12H16FN3O2. The minimum absolute atomic E-state index is 0.173. The smallest absolute Gasteiger partial charge is 0.251 e. The second-order valence-corrected chi connectivity index (χ2v) is 3.81. The molecule has 0 fully saturated rings. The van der Waals surface area contributed by atoms with Gasteiger partial charge in [-0.1, -0.05) is 11.2 Å². The Bertz CT molecular complexity index is 435. The van der Waals surface area contributed by atoms with Crippen LogP contribution in [-0.4, -0.2) is 23.5 Å². The fourth-order valence-electron chi connectivity index (χ4n) is 1.41. The molecule has 5 nitrogen and oxygen atoms in total. The lowest BCUT2D eigenvalue weighted by Gasteiger charge is -2.05. The normalized spacial score (nSPS) is 11.3. The van der Waals surface area contributed by atoms with Crippen molar-refractivity contribution < 1.29 is 14.4 Å². The van der Waals surface area contributed by atoms with E-state index in [9.17, 15) is 9.18 Å². The first-order valence-corrected chi connectivity index (χ1v) is 5.63. The monoisotopic (exact) mass is 253 g/mol. The van der Waals surface area contributed by atoms with Gasteiger partial charge in [0.15, 0.2) is 0 Å². The van der Waals surface area contributed by atoms with Crippen LogP contribution >= 0.6 is 0 Å². The van der Waals surface area contributed by atoms with Crippen LogP contribution in [-0.2, 0) is 0 Å². The van der Waals surface area contributed by atoms with Crippen molar-refractivity contribution in [3.8, 4) is 0 Å². The average Bonchev–Trinajstić information content (AvgIpc) is 2.37. The van der Waals surface area contributed by atoms with Crippen molar-refractivity contribution in [1.82, 2.24) is 5.32 Å². The van der Waals surface area contributed by atoms with E-state index >= 15 is 0 Å². The lowest BCUT2D eigenvalue weighted by atomic mass is 10.2. The maximum atomic E-state index is 12.9. The number of benzene rings is 1. The van der Waals surface area contributed by atoms with E-state index in [1.165, 1.54) is 18.2 Å². The van der Waals surface area contributed by atoms with Gasteiger partial charge in [-0.05, 0) is 31.0 Å². The van der Waals surface area contributed by atoms with Crippen LogP contribution in [0.5, 0.6) is 0 Å². The third kappa shape index (κ3) is 4.82. The lowest BCUT2D eigenvalue weighted by molar-refractivity contribution is 0.0952. The number of carbonyl (C=O) groups is 1. The van der Waals surface area contributed by atoms with Crippen molar-refractivity contribution in [2.45, 2.75) is 19.3 Å². The Hall–Kier alpha value is -2.11. The van der Waals surface area contributed by atoms with Crippen LogP contribution in [0.15, 0.2) is 29.4 Å². The highest BCUT2D eigenvalue weighted by atomic mass is 19.1. The molecule has 0 aromatic heterocycles. The number of hydrogen-bond donors (Lipinski definition) is 3. The summed E-state index contributed by atoms with van der Waals surface area (Å²) in [6.07, 6.45) is 1.89. The molecule has 0 atom stereocenters. The van der Waals surface area contributed by atoms with Gasteiger partial charge in [-0.25, -0.2) is 4.39 Å². The van der Waals surface area contributed by atoms with Crippen LogP contribution in [0.3, 0.4) is 0 Å². The Kier molecular flexibility index (Phi) is 5.63. The zero-order valence-electron chi connectivity index (χ0n) is 9.90. The van der Waals surface area contributed by atoms with Crippen LogP contribution in [0.25, 0.3) is 0 Å². The Morgan fingerprint density at radius 2 is 2.22 bits per heavy atom. The van der Waals surface area contributed by atoms with Crippen LogP contribution in [0, 0.1) is 5.82 Å². The number of oxime groups is 1. The van der Waals surface area contributed by atoms with E-state index in [0.29, 0.717) is 31.4 Å². The van der Waals surface area contributed by atoms with Crippen molar-refractivity contribution >= 4 is 11.7 Å². The maximum Gasteiger partial charge on any atom is 0.251 e. The molecule has 0 aliphatic rings. The summed E-state index contributed by atoms with van der Waals surface area (Å²) in [5.41, 5.74) is 5.59. The summed E-state index contributed by atoms with van der Waals surface area (Å²) < 4.78 is 12.9. The quantitative estimate of drug-likeness (QED) is 0.236. The molecule has 0 spiro atoms. The second kappa shape index (κ2) is 7.26. The summed E-state index contributed by atoms with van der Waals surface area (Å²) in [4.78, 5) is 11.6. The molecule has 0 aliphatic carbocycles. The first-order chi connectivity index (χ1) is 8.63. The highest BCUT2D eigenvalue weighted by molar-refractivity contribution is 5.94. The molecule has 1 aromatic carbocycles. The zero-order valence-corrected chi connectivity index (χ0v) is 9.90. The predicted molar refractivity (Wildman–Crippen MR) is 66.0 cm³/mol. The largest absolute Gasteiger partial charge is 0.409 e. The van der Waals surface area contributed by atoms with Gasteiger partial charge in [-0.2, -0.15) is 0 Å². The number of unbranched alkanes of at least 4 members (excludes halogenated alkanes) is 1. The summed E-state index contributed by atoms with van der Waals surface area (Å²) in [7, 11) is 0. The fourth-order valence-corrected chi connectivity index (χ4v) is 1.41. The van der Waals surface area contributed by atoms with Gasteiger partial charge in [0.05, 0.1) is 0 Å². The van der Waals surface area contributed by atoms with Crippen molar-refractivity contribution in [2.24, 2.45) is 10.9 Å². The van der Waals surface area contributed by atoms with Gasteiger partial charge in [0.2, 0.25) is 0 Å². The minimum atomic E-state index is -0.436. The van der Waals surface area contributed by atoms with E-state index < -0.39 is 5.82 Å². The van der Waals surface area contributed by atoms with Gasteiger partial charge in [0, 0.05) is 18.5 Å². The third-order valence-corrected chi connectivity index (χ3v) is 2.36. The van der Waals surface area contributed by atoms with E-state index in [0.717, 1.165) is 0 Å². The topological polar surface area (TPSA) is 87.7 Å². The number of nitrogens with two attached hydrogens (primary N) is 1. The third-order valence-electron chi connectivity index (χ3n) is 2.36. The Labute approximate surface area is 104 Å². The summed E-state index contributed by atoms with van der Waals surface area (Å²) in [6.45, 7) is 0.466. The van der Waals surface area contributed by atoms with Gasteiger partial charge in [-0.3, -0.25) is 4.79 Å². The molecular weight excluding hydrogens is 237 g/mol. The highest BCUT2D eigenvalue weighted by Crippen LogP contribution is 2.03. The molecule has 0 aliphatic heterocycles. The number of nitrogens with zero attached hydrogens (tertiary/aromatic N) is 1. The van der Waals surface area contributed by atoms with Gasteiger partial charge in [0.1, 0.15) is 11.7 Å². The number of hydrogen-bond acceptors (Lipinski definition) is 3. The number of carbonyl (C=O) groups excluding carboxylic acids is 1. The van der Waals surface area contributed by atoms with E-state index in [1.54, 1.807) is 6.07 Å². The van der Waals surface area contributed by atoms with E-state index in [1.807, 2.05) is 0 Å². The van der Waals surface area contributed by atoms with Gasteiger partial charge >= 0.3 is 0 Å². The molecule has 0 bridgehead atoms. The number of rotatable bonds is 6. The first kappa shape index (κ1) is 14.0. The van der Waals surface area contributed by atoms with Gasteiger partial charge in [-0.15, -0.1) is 0 Å². The summed E-state index contributed by atoms with van der Waals surface area (Å²) >= 11 is 0. The summed E-state index contributed by atoms with van der Waals surface area (Å²) in [5.74, 6) is -0.570. The Morgan fingerprint density at radius 1 is 1.44 bits per heavy atom. The van der Waals surface area contributed by atoms with E-state index in [2.05, 4.69) is 10.5 Å². The summed E-state index contributed by atoms with van der Waals surface area (Å²) in [5, 5.41) is 13.8. The molecule has 6 heteroatoms. The Balaban J connectivity index is 2.26. The molecule has 1 rings (SSSR count). The molecule has 98 valence electrons. The summed E-state index contributed by atoms with van der Waals surface area (Å²) in [6, 6.07) is 5.51. The number of halogens is 1. The van der Waals surface area contributed by atoms with Crippen LogP contribution in [0.2, 0.25) is 0 Å². The first-order valence-electron chi connectivity index (χ1n) is 5.63. The molecule has 18 heavy (non-hydrogen) atoms. The van der Waals surface area contributed by atoms with Crippen LogP contribution in [0.1, 0.15) is 29.6 Å². The molecule has 1 amide bonds. The zero-order chi connectivity index (χ0) is 13.4. The fraction of sp³-hybridized carbons (Fsp3) is 0.333. The molecule has 0 saturated carbocycles. The SMILES string of the molecule is NC(CCCCNC(=O)c1cccc(F)c1)=NO. The number of nitrogens with one attached hydrogen (secondary N) is 1. The molecule has 1 aromatic rings. The minimum Gasteiger partial charge on any atom is -0.409 e. The van der Waals surface area contributed by atoms with Crippen LogP contribution in [0.4, 0.5) is 4.39 Å². The predicted octanol–water partition coefficient (Wildman–Crippen LogP) is 1.47. The van der Waals surface area contributed by atoms with E-state index in [4.69, 9.17) is 10.9 Å². The Morgan fingerprint density at radius 3 is 2.89 bits per heavy atom. The molecule has 4 N–H and O–H groups in total. The van der Waals surface area contributed by atoms with E-state index in [-0.39, 0.29) is 11.7 Å². The lowest BCUT2D eigenvalue weighted by Crippen LogP contribution is -2.24. The van der Waals surface area contributed by atoms with Crippen molar-refractivity contribution in [3.63, 3.8) is 0 Å². The molecule has 0 unspecified atom stereocenters. The van der Waals surface area contributed by atoms with Crippen molar-refractivity contribution in [3.05, 3.63) is 35.6 Å². The maximum absolute atomic E-state index is 12.9. The van der Waals surface area contributed by atoms with Crippen molar-refractivity contribution in [1.29, 1.82) is 0 Å². The second-order valence-electron chi connectivity index (χ2n) is 3.81. The highest BCUT2D eigenvalue weighted by Gasteiger charge is 2.05. The molecule has 0 radical (unpaired) electrons. The molecule has 0 heterocycles. The van der Waals surface area contributed by atoms with Crippen molar-refractivity contribution in [2.75, 3.05) is 6.54 Å². The van der Waals surface area contributed by atoms with Crippen LogP contribution < -0.4 is 11.1 Å².